The van der Waals surface area contributed by atoms with Crippen molar-refractivity contribution in [1.29, 1.82) is 0 Å². The molecule has 4 rings (SSSR count). The molecule has 26 heavy (non-hydrogen) atoms. The van der Waals surface area contributed by atoms with Gasteiger partial charge in [-0.25, -0.2) is 9.97 Å². The molecule has 0 bridgehead atoms. The van der Waals surface area contributed by atoms with Gasteiger partial charge in [-0.05, 0) is 48.7 Å². The maximum atomic E-state index is 12.4. The largest absolute Gasteiger partial charge is 0.435 e. The number of hydrogen-bond acceptors (Lipinski definition) is 5. The van der Waals surface area contributed by atoms with Crippen LogP contribution in [-0.4, -0.2) is 23.1 Å². The molecular formula is C19H18F2N4O. The van der Waals surface area contributed by atoms with Crippen LogP contribution in [0.3, 0.4) is 0 Å². The minimum atomic E-state index is -2.82. The Hall–Kier alpha value is -2.96. The van der Waals surface area contributed by atoms with E-state index in [9.17, 15) is 8.78 Å². The van der Waals surface area contributed by atoms with Crippen LogP contribution >= 0.6 is 0 Å². The quantitative estimate of drug-likeness (QED) is 0.771. The van der Waals surface area contributed by atoms with Crippen molar-refractivity contribution < 1.29 is 13.5 Å². The lowest BCUT2D eigenvalue weighted by Crippen LogP contribution is -2.29. The van der Waals surface area contributed by atoms with Crippen molar-refractivity contribution in [1.82, 2.24) is 9.97 Å². The zero-order valence-electron chi connectivity index (χ0n) is 14.0. The number of nitrogens with two attached hydrogens (primary N) is 1. The van der Waals surface area contributed by atoms with Gasteiger partial charge in [0, 0.05) is 17.6 Å². The first-order valence-electron chi connectivity index (χ1n) is 8.44. The Morgan fingerprint density at radius 3 is 2.85 bits per heavy atom. The van der Waals surface area contributed by atoms with Crippen molar-refractivity contribution in [3.8, 4) is 5.75 Å². The minimum absolute atomic E-state index is 0.187. The van der Waals surface area contributed by atoms with E-state index in [0.29, 0.717) is 18.2 Å². The molecule has 0 unspecified atom stereocenters. The van der Waals surface area contributed by atoms with Crippen LogP contribution in [0.25, 0.3) is 10.9 Å². The number of halogens is 2. The van der Waals surface area contributed by atoms with Gasteiger partial charge in [-0.15, -0.1) is 0 Å². The molecule has 0 saturated carbocycles. The summed E-state index contributed by atoms with van der Waals surface area (Å²) in [4.78, 5) is 11.2. The molecule has 0 fully saturated rings. The molecule has 7 heteroatoms. The number of anilines is 2. The molecule has 0 atom stereocenters. The second-order valence-electron chi connectivity index (χ2n) is 6.24. The minimum Gasteiger partial charge on any atom is -0.435 e. The third-order valence-corrected chi connectivity index (χ3v) is 4.50. The number of rotatable bonds is 4. The van der Waals surface area contributed by atoms with Crippen LogP contribution in [-0.2, 0) is 13.0 Å². The number of nitrogens with zero attached hydrogens (tertiary/aromatic N) is 3. The highest BCUT2D eigenvalue weighted by Crippen LogP contribution is 2.32. The van der Waals surface area contributed by atoms with E-state index in [1.54, 1.807) is 12.1 Å². The number of para-hydroxylation sites is 1. The van der Waals surface area contributed by atoms with E-state index in [1.807, 2.05) is 30.3 Å². The van der Waals surface area contributed by atoms with Gasteiger partial charge in [-0.1, -0.05) is 12.1 Å². The predicted molar refractivity (Wildman–Crippen MR) is 96.4 cm³/mol. The second-order valence-corrected chi connectivity index (χ2v) is 6.24. The molecule has 3 aromatic rings. The normalized spacial score (nSPS) is 13.9. The van der Waals surface area contributed by atoms with E-state index in [-0.39, 0.29) is 5.75 Å². The summed E-state index contributed by atoms with van der Waals surface area (Å²) >= 11 is 0. The van der Waals surface area contributed by atoms with E-state index < -0.39 is 6.61 Å². The van der Waals surface area contributed by atoms with Crippen molar-refractivity contribution in [3.05, 3.63) is 53.9 Å². The van der Waals surface area contributed by atoms with Crippen LogP contribution in [0.15, 0.2) is 42.5 Å². The van der Waals surface area contributed by atoms with Gasteiger partial charge in [-0.2, -0.15) is 8.78 Å². The van der Waals surface area contributed by atoms with E-state index in [2.05, 4.69) is 19.6 Å². The SMILES string of the molecule is Nc1nc(CN2CCCc3cc(OC(F)F)ccc32)nc2ccccc12. The molecule has 0 radical (unpaired) electrons. The highest BCUT2D eigenvalue weighted by atomic mass is 19.3. The smallest absolute Gasteiger partial charge is 0.387 e. The van der Waals surface area contributed by atoms with Gasteiger partial charge in [0.05, 0.1) is 12.1 Å². The number of aromatic nitrogens is 2. The maximum absolute atomic E-state index is 12.4. The molecule has 2 aromatic carbocycles. The fourth-order valence-corrected chi connectivity index (χ4v) is 3.38. The summed E-state index contributed by atoms with van der Waals surface area (Å²) in [6.07, 6.45) is 1.75. The number of hydrogen-bond donors (Lipinski definition) is 1. The Balaban J connectivity index is 1.62. The maximum Gasteiger partial charge on any atom is 0.387 e. The van der Waals surface area contributed by atoms with Crippen molar-refractivity contribution in [3.63, 3.8) is 0 Å². The molecule has 2 heterocycles. The van der Waals surface area contributed by atoms with Crippen LogP contribution in [0, 0.1) is 0 Å². The number of nitrogen functional groups attached to an aromatic ring is 1. The summed E-state index contributed by atoms with van der Waals surface area (Å²) in [5.74, 6) is 1.29. The lowest BCUT2D eigenvalue weighted by Gasteiger charge is -2.31. The summed E-state index contributed by atoms with van der Waals surface area (Å²) in [7, 11) is 0. The van der Waals surface area contributed by atoms with Crippen LogP contribution in [0.2, 0.25) is 0 Å². The molecule has 1 aromatic heterocycles. The molecule has 0 amide bonds. The Kier molecular flexibility index (Phi) is 4.28. The van der Waals surface area contributed by atoms with Gasteiger partial charge in [-0.3, -0.25) is 0 Å². The zero-order chi connectivity index (χ0) is 18.1. The summed E-state index contributed by atoms with van der Waals surface area (Å²) in [5, 5.41) is 0.837. The Labute approximate surface area is 149 Å². The third-order valence-electron chi connectivity index (χ3n) is 4.50. The molecule has 1 aliphatic heterocycles. The average molecular weight is 356 g/mol. The Morgan fingerprint density at radius 1 is 1.15 bits per heavy atom. The fourth-order valence-electron chi connectivity index (χ4n) is 3.38. The number of benzene rings is 2. The summed E-state index contributed by atoms with van der Waals surface area (Å²) in [6.45, 7) is -1.46. The molecule has 5 nitrogen and oxygen atoms in total. The molecule has 0 saturated heterocycles. The number of alkyl halides is 2. The number of ether oxygens (including phenoxy) is 1. The van der Waals surface area contributed by atoms with E-state index in [0.717, 1.165) is 41.5 Å². The zero-order valence-corrected chi connectivity index (χ0v) is 14.0. The standard InChI is InChI=1S/C19H18F2N4O/c20-19(21)26-13-7-8-16-12(10-13)4-3-9-25(16)11-17-23-15-6-2-1-5-14(15)18(22)24-17/h1-2,5-8,10,19H,3-4,9,11H2,(H2,22,23,24). The molecule has 0 spiro atoms. The molecule has 0 aliphatic carbocycles. The molecule has 134 valence electrons. The van der Waals surface area contributed by atoms with Crippen molar-refractivity contribution in [2.75, 3.05) is 17.2 Å². The summed E-state index contributed by atoms with van der Waals surface area (Å²) in [6, 6.07) is 12.7. The molecule has 1 aliphatic rings. The summed E-state index contributed by atoms with van der Waals surface area (Å²) < 4.78 is 29.3. The fraction of sp³-hybridized carbons (Fsp3) is 0.263. The lowest BCUT2D eigenvalue weighted by atomic mass is 10.0. The monoisotopic (exact) mass is 356 g/mol. The van der Waals surface area contributed by atoms with Crippen LogP contribution in [0.5, 0.6) is 5.75 Å². The third kappa shape index (κ3) is 3.24. The lowest BCUT2D eigenvalue weighted by molar-refractivity contribution is -0.0498. The van der Waals surface area contributed by atoms with Crippen LogP contribution < -0.4 is 15.4 Å². The van der Waals surface area contributed by atoms with E-state index in [4.69, 9.17) is 5.73 Å². The molecular weight excluding hydrogens is 338 g/mol. The van der Waals surface area contributed by atoms with Gasteiger partial charge < -0.3 is 15.4 Å². The second kappa shape index (κ2) is 6.74. The number of aryl methyl sites for hydroxylation is 1. The van der Waals surface area contributed by atoms with Gasteiger partial charge in [0.1, 0.15) is 11.6 Å². The van der Waals surface area contributed by atoms with Crippen molar-refractivity contribution in [2.45, 2.75) is 26.0 Å². The average Bonchev–Trinajstić information content (AvgIpc) is 2.61. The molecule has 2 N–H and O–H groups in total. The van der Waals surface area contributed by atoms with Crippen LogP contribution in [0.4, 0.5) is 20.3 Å². The highest BCUT2D eigenvalue weighted by Gasteiger charge is 2.20. The first kappa shape index (κ1) is 16.5. The van der Waals surface area contributed by atoms with E-state index >= 15 is 0 Å². The Bertz CT molecular complexity index is 948. The first-order valence-corrected chi connectivity index (χ1v) is 8.44. The van der Waals surface area contributed by atoms with E-state index in [1.165, 1.54) is 0 Å². The van der Waals surface area contributed by atoms with Crippen LogP contribution in [0.1, 0.15) is 17.8 Å². The Morgan fingerprint density at radius 2 is 2.00 bits per heavy atom. The van der Waals surface area contributed by atoms with Crippen molar-refractivity contribution >= 4 is 22.4 Å². The first-order chi connectivity index (χ1) is 12.6. The summed E-state index contributed by atoms with van der Waals surface area (Å²) in [5.41, 5.74) is 8.86. The van der Waals surface area contributed by atoms with Crippen molar-refractivity contribution in [2.24, 2.45) is 0 Å². The predicted octanol–water partition coefficient (Wildman–Crippen LogP) is 3.77. The highest BCUT2D eigenvalue weighted by molar-refractivity contribution is 5.87. The number of fused-ring (bicyclic) bond motifs is 2. The topological polar surface area (TPSA) is 64.3 Å². The van der Waals surface area contributed by atoms with Gasteiger partial charge in [0.2, 0.25) is 0 Å². The van der Waals surface area contributed by atoms with Gasteiger partial charge in [0.25, 0.3) is 0 Å². The van der Waals surface area contributed by atoms with Gasteiger partial charge >= 0.3 is 6.61 Å². The van der Waals surface area contributed by atoms with Gasteiger partial charge in [0.15, 0.2) is 5.82 Å².